The van der Waals surface area contributed by atoms with Gasteiger partial charge in [-0.15, -0.1) is 0 Å². The van der Waals surface area contributed by atoms with Crippen molar-refractivity contribution in [2.45, 2.75) is 6.18 Å². The number of alkyl halides is 3. The summed E-state index contributed by atoms with van der Waals surface area (Å²) in [7, 11) is 1.24. The van der Waals surface area contributed by atoms with E-state index in [1.165, 1.54) is 31.4 Å². The molecule has 0 unspecified atom stereocenters. The smallest absolute Gasteiger partial charge is 0.416 e. The van der Waals surface area contributed by atoms with Crippen molar-refractivity contribution in [2.75, 3.05) is 7.11 Å². The van der Waals surface area contributed by atoms with Crippen LogP contribution in [0, 0.1) is 0 Å². The highest BCUT2D eigenvalue weighted by Crippen LogP contribution is 2.32. The standard InChI is InChI=1S/C15H11F3O3/c1-20-14(19)8-6-12-5-7-13(21-12)10-3-2-4-11(9-10)15(16,17)18/h2-9H,1H3. The van der Waals surface area contributed by atoms with Crippen molar-refractivity contribution in [3.63, 3.8) is 0 Å². The molecule has 110 valence electrons. The molecule has 1 heterocycles. The van der Waals surface area contributed by atoms with Gasteiger partial charge in [-0.05, 0) is 30.3 Å². The summed E-state index contributed by atoms with van der Waals surface area (Å²) in [6.45, 7) is 0. The van der Waals surface area contributed by atoms with Gasteiger partial charge in [0, 0.05) is 11.6 Å². The van der Waals surface area contributed by atoms with Gasteiger partial charge in [0.25, 0.3) is 0 Å². The molecule has 3 nitrogen and oxygen atoms in total. The van der Waals surface area contributed by atoms with E-state index in [1.807, 2.05) is 0 Å². The molecule has 0 aliphatic heterocycles. The molecule has 1 aromatic heterocycles. The largest absolute Gasteiger partial charge is 0.466 e. The van der Waals surface area contributed by atoms with Crippen LogP contribution in [-0.4, -0.2) is 13.1 Å². The Morgan fingerprint density at radius 3 is 2.67 bits per heavy atom. The quantitative estimate of drug-likeness (QED) is 0.631. The summed E-state index contributed by atoms with van der Waals surface area (Å²) in [4.78, 5) is 10.9. The molecular formula is C15H11F3O3. The average molecular weight is 296 g/mol. The Labute approximate surface area is 118 Å². The molecule has 0 spiro atoms. The summed E-state index contributed by atoms with van der Waals surface area (Å²) in [5.41, 5.74) is -0.439. The van der Waals surface area contributed by atoms with E-state index in [0.717, 1.165) is 18.2 Å². The van der Waals surface area contributed by atoms with E-state index in [4.69, 9.17) is 4.42 Å². The average Bonchev–Trinajstić information content (AvgIpc) is 2.93. The number of esters is 1. The number of hydrogen-bond donors (Lipinski definition) is 0. The number of carbonyl (C=O) groups excluding carboxylic acids is 1. The first-order valence-corrected chi connectivity index (χ1v) is 5.93. The molecule has 0 amide bonds. The molecule has 6 heteroatoms. The van der Waals surface area contributed by atoms with Gasteiger partial charge in [0.2, 0.25) is 0 Å². The molecule has 0 atom stereocenters. The third-order valence-electron chi connectivity index (χ3n) is 2.69. The van der Waals surface area contributed by atoms with Crippen molar-refractivity contribution in [1.29, 1.82) is 0 Å². The molecule has 21 heavy (non-hydrogen) atoms. The molecule has 2 rings (SSSR count). The predicted molar refractivity (Wildman–Crippen MR) is 70.2 cm³/mol. The van der Waals surface area contributed by atoms with Gasteiger partial charge in [-0.1, -0.05) is 12.1 Å². The second-order valence-electron chi connectivity index (χ2n) is 4.14. The number of rotatable bonds is 3. The lowest BCUT2D eigenvalue weighted by Crippen LogP contribution is -2.04. The highest BCUT2D eigenvalue weighted by Gasteiger charge is 2.30. The molecule has 0 saturated heterocycles. The first kappa shape index (κ1) is 14.9. The molecule has 2 aromatic rings. The van der Waals surface area contributed by atoms with Crippen LogP contribution in [0.1, 0.15) is 11.3 Å². The minimum absolute atomic E-state index is 0.283. The Kier molecular flexibility index (Phi) is 4.16. The van der Waals surface area contributed by atoms with E-state index >= 15 is 0 Å². The fourth-order valence-corrected chi connectivity index (χ4v) is 1.66. The van der Waals surface area contributed by atoms with E-state index in [9.17, 15) is 18.0 Å². The van der Waals surface area contributed by atoms with Crippen LogP contribution in [0.25, 0.3) is 17.4 Å². The summed E-state index contributed by atoms with van der Waals surface area (Å²) >= 11 is 0. The minimum atomic E-state index is -4.41. The first-order chi connectivity index (χ1) is 9.90. The monoisotopic (exact) mass is 296 g/mol. The van der Waals surface area contributed by atoms with Crippen LogP contribution in [0.5, 0.6) is 0 Å². The maximum absolute atomic E-state index is 12.6. The van der Waals surface area contributed by atoms with E-state index in [2.05, 4.69) is 4.74 Å². The van der Waals surface area contributed by atoms with Crippen molar-refractivity contribution in [3.05, 3.63) is 53.8 Å². The molecule has 0 aliphatic carbocycles. The van der Waals surface area contributed by atoms with Crippen LogP contribution >= 0.6 is 0 Å². The van der Waals surface area contributed by atoms with E-state index in [1.54, 1.807) is 6.07 Å². The minimum Gasteiger partial charge on any atom is -0.466 e. The molecular weight excluding hydrogens is 285 g/mol. The SMILES string of the molecule is COC(=O)C=Cc1ccc(-c2cccc(C(F)(F)F)c2)o1. The van der Waals surface area contributed by atoms with E-state index in [0.29, 0.717) is 11.3 Å². The summed E-state index contributed by atoms with van der Waals surface area (Å²) in [5, 5.41) is 0. The van der Waals surface area contributed by atoms with Gasteiger partial charge in [-0.25, -0.2) is 4.79 Å². The highest BCUT2D eigenvalue weighted by atomic mass is 19.4. The number of hydrogen-bond acceptors (Lipinski definition) is 3. The normalized spacial score (nSPS) is 11.8. The molecule has 0 fully saturated rings. The summed E-state index contributed by atoms with van der Waals surface area (Å²) < 4.78 is 47.7. The van der Waals surface area contributed by atoms with Crippen molar-refractivity contribution >= 4 is 12.0 Å². The summed E-state index contributed by atoms with van der Waals surface area (Å²) in [5.74, 6) is 0.0745. The molecule has 0 radical (unpaired) electrons. The van der Waals surface area contributed by atoms with E-state index < -0.39 is 17.7 Å². The topological polar surface area (TPSA) is 39.4 Å². The highest BCUT2D eigenvalue weighted by molar-refractivity contribution is 5.86. The second kappa shape index (κ2) is 5.87. The van der Waals surface area contributed by atoms with Crippen LogP contribution in [0.3, 0.4) is 0 Å². The van der Waals surface area contributed by atoms with Crippen molar-refractivity contribution < 1.29 is 27.1 Å². The lowest BCUT2D eigenvalue weighted by Gasteiger charge is -2.07. The van der Waals surface area contributed by atoms with Gasteiger partial charge >= 0.3 is 12.1 Å². The third kappa shape index (κ3) is 3.75. The number of carbonyl (C=O) groups is 1. The van der Waals surface area contributed by atoms with Crippen LogP contribution in [0.4, 0.5) is 13.2 Å². The summed E-state index contributed by atoms with van der Waals surface area (Å²) in [6.07, 6.45) is -1.87. The number of ether oxygens (including phenoxy) is 1. The van der Waals surface area contributed by atoms with Crippen LogP contribution in [0.2, 0.25) is 0 Å². The van der Waals surface area contributed by atoms with Gasteiger partial charge in [0.1, 0.15) is 11.5 Å². The molecule has 1 aromatic carbocycles. The van der Waals surface area contributed by atoms with Crippen molar-refractivity contribution in [3.8, 4) is 11.3 Å². The zero-order chi connectivity index (χ0) is 15.5. The Morgan fingerprint density at radius 2 is 2.00 bits per heavy atom. The number of methoxy groups -OCH3 is 1. The maximum Gasteiger partial charge on any atom is 0.416 e. The Bertz CT molecular complexity index is 669. The van der Waals surface area contributed by atoms with Crippen molar-refractivity contribution in [1.82, 2.24) is 0 Å². The molecule has 0 aliphatic rings. The summed E-state index contributed by atoms with van der Waals surface area (Å²) in [6, 6.07) is 7.91. The number of furan rings is 1. The lowest BCUT2D eigenvalue weighted by molar-refractivity contribution is -0.137. The Morgan fingerprint density at radius 1 is 1.24 bits per heavy atom. The first-order valence-electron chi connectivity index (χ1n) is 5.93. The van der Waals surface area contributed by atoms with Gasteiger partial charge < -0.3 is 9.15 Å². The van der Waals surface area contributed by atoms with Crippen LogP contribution in [-0.2, 0) is 15.7 Å². The lowest BCUT2D eigenvalue weighted by atomic mass is 10.1. The van der Waals surface area contributed by atoms with Gasteiger partial charge in [-0.2, -0.15) is 13.2 Å². The molecule has 0 saturated carbocycles. The second-order valence-corrected chi connectivity index (χ2v) is 4.14. The predicted octanol–water partition coefficient (Wildman–Crippen LogP) is 4.15. The van der Waals surface area contributed by atoms with Gasteiger partial charge in [0.05, 0.1) is 12.7 Å². The van der Waals surface area contributed by atoms with Gasteiger partial charge in [0.15, 0.2) is 0 Å². The van der Waals surface area contributed by atoms with Gasteiger partial charge in [-0.3, -0.25) is 0 Å². The molecule has 0 bridgehead atoms. The Balaban J connectivity index is 2.26. The molecule has 0 N–H and O–H groups in total. The van der Waals surface area contributed by atoms with E-state index in [-0.39, 0.29) is 5.76 Å². The maximum atomic E-state index is 12.6. The zero-order valence-electron chi connectivity index (χ0n) is 11.0. The fourth-order valence-electron chi connectivity index (χ4n) is 1.66. The van der Waals surface area contributed by atoms with Crippen molar-refractivity contribution in [2.24, 2.45) is 0 Å². The number of benzene rings is 1. The van der Waals surface area contributed by atoms with Crippen LogP contribution in [0.15, 0.2) is 46.9 Å². The fraction of sp³-hybridized carbons (Fsp3) is 0.133. The Hall–Kier alpha value is -2.50. The van der Waals surface area contributed by atoms with Crippen LogP contribution < -0.4 is 0 Å². The zero-order valence-corrected chi connectivity index (χ0v) is 11.0. The number of halogens is 3. The third-order valence-corrected chi connectivity index (χ3v) is 2.69.